The molecule has 2 atom stereocenters. The van der Waals surface area contributed by atoms with Crippen molar-refractivity contribution in [1.29, 1.82) is 0 Å². The fraction of sp³-hybridized carbons (Fsp3) is 0.882. The zero-order valence-electron chi connectivity index (χ0n) is 15.2. The number of nitrogens with zero attached hydrogens (tertiary/aromatic N) is 1. The van der Waals surface area contributed by atoms with Gasteiger partial charge in [0.2, 0.25) is 5.91 Å². The van der Waals surface area contributed by atoms with Crippen molar-refractivity contribution in [2.75, 3.05) is 20.1 Å². The lowest BCUT2D eigenvalue weighted by Crippen LogP contribution is -2.40. The summed E-state index contributed by atoms with van der Waals surface area (Å²) >= 11 is 0. The molecule has 0 aromatic carbocycles. The Balaban J connectivity index is 0.00000484. The van der Waals surface area contributed by atoms with Crippen molar-refractivity contribution in [2.45, 2.75) is 65.3 Å². The van der Waals surface area contributed by atoms with Crippen LogP contribution in [0.3, 0.4) is 0 Å². The number of guanidine groups is 1. The van der Waals surface area contributed by atoms with Gasteiger partial charge < -0.3 is 16.0 Å². The average molecular weight is 438 g/mol. The van der Waals surface area contributed by atoms with E-state index in [2.05, 4.69) is 27.9 Å². The summed E-state index contributed by atoms with van der Waals surface area (Å²) in [5.74, 6) is 2.61. The first-order chi connectivity index (χ1) is 10.5. The second kappa shape index (κ2) is 12.8. The smallest absolute Gasteiger partial charge is 0.221 e. The second-order valence-corrected chi connectivity index (χ2v) is 6.82. The topological polar surface area (TPSA) is 65.5 Å². The molecule has 23 heavy (non-hydrogen) atoms. The van der Waals surface area contributed by atoms with Crippen LogP contribution in [0.5, 0.6) is 0 Å². The number of carbonyl (C=O) groups is 1. The predicted octanol–water partition coefficient (Wildman–Crippen LogP) is 2.90. The summed E-state index contributed by atoms with van der Waals surface area (Å²) in [6, 6.07) is 0.197. The van der Waals surface area contributed by atoms with Crippen molar-refractivity contribution in [3.05, 3.63) is 0 Å². The number of nitrogens with one attached hydrogen (secondary N) is 3. The fourth-order valence-electron chi connectivity index (χ4n) is 3.13. The van der Waals surface area contributed by atoms with Crippen molar-refractivity contribution < 1.29 is 4.79 Å². The summed E-state index contributed by atoms with van der Waals surface area (Å²) in [4.78, 5) is 15.8. The van der Waals surface area contributed by atoms with Gasteiger partial charge in [0.15, 0.2) is 5.96 Å². The molecule has 1 fully saturated rings. The number of hydrogen-bond acceptors (Lipinski definition) is 2. The van der Waals surface area contributed by atoms with Crippen LogP contribution in [0.25, 0.3) is 0 Å². The molecule has 0 heterocycles. The van der Waals surface area contributed by atoms with E-state index in [4.69, 9.17) is 0 Å². The van der Waals surface area contributed by atoms with Crippen LogP contribution in [0, 0.1) is 11.8 Å². The van der Waals surface area contributed by atoms with Crippen LogP contribution < -0.4 is 16.0 Å². The normalized spacial score (nSPS) is 21.5. The predicted molar refractivity (Wildman–Crippen MR) is 108 cm³/mol. The van der Waals surface area contributed by atoms with Crippen LogP contribution in [0.15, 0.2) is 4.99 Å². The van der Waals surface area contributed by atoms with E-state index in [1.54, 1.807) is 7.05 Å². The Labute approximate surface area is 158 Å². The van der Waals surface area contributed by atoms with E-state index >= 15 is 0 Å². The van der Waals surface area contributed by atoms with Gasteiger partial charge in [-0.25, -0.2) is 0 Å². The van der Waals surface area contributed by atoms with Crippen LogP contribution >= 0.6 is 24.0 Å². The Bertz CT molecular complexity index is 361. The van der Waals surface area contributed by atoms with Gasteiger partial charge in [0.1, 0.15) is 0 Å². The summed E-state index contributed by atoms with van der Waals surface area (Å²) in [6.45, 7) is 7.87. The minimum atomic E-state index is 0. The van der Waals surface area contributed by atoms with Crippen molar-refractivity contribution >= 4 is 35.8 Å². The summed E-state index contributed by atoms with van der Waals surface area (Å²) in [5.41, 5.74) is 0. The molecule has 2 unspecified atom stereocenters. The van der Waals surface area contributed by atoms with Crippen LogP contribution in [0.1, 0.15) is 59.3 Å². The first-order valence-electron chi connectivity index (χ1n) is 8.75. The summed E-state index contributed by atoms with van der Waals surface area (Å²) in [7, 11) is 1.77. The fourth-order valence-corrected chi connectivity index (χ4v) is 3.13. The molecule has 3 N–H and O–H groups in total. The van der Waals surface area contributed by atoms with Gasteiger partial charge in [-0.1, -0.05) is 26.2 Å². The van der Waals surface area contributed by atoms with Crippen LogP contribution in [0.4, 0.5) is 0 Å². The Kier molecular flexibility index (Phi) is 12.5. The Morgan fingerprint density at radius 1 is 1.22 bits per heavy atom. The quantitative estimate of drug-likeness (QED) is 0.325. The highest BCUT2D eigenvalue weighted by atomic mass is 127. The zero-order valence-corrected chi connectivity index (χ0v) is 17.5. The number of aliphatic imine (C=N–C) groups is 1. The highest BCUT2D eigenvalue weighted by Crippen LogP contribution is 2.30. The third-order valence-electron chi connectivity index (χ3n) is 4.21. The van der Waals surface area contributed by atoms with Crippen molar-refractivity contribution in [2.24, 2.45) is 16.8 Å². The van der Waals surface area contributed by atoms with Gasteiger partial charge in [-0.3, -0.25) is 9.79 Å². The van der Waals surface area contributed by atoms with E-state index < -0.39 is 0 Å². The lowest BCUT2D eigenvalue weighted by molar-refractivity contribution is -0.121. The third-order valence-corrected chi connectivity index (χ3v) is 4.21. The molecule has 0 saturated heterocycles. The third kappa shape index (κ3) is 10.8. The van der Waals surface area contributed by atoms with Gasteiger partial charge in [0, 0.05) is 32.6 Å². The largest absolute Gasteiger partial charge is 0.356 e. The lowest BCUT2D eigenvalue weighted by Gasteiger charge is -2.26. The van der Waals surface area contributed by atoms with Crippen molar-refractivity contribution in [1.82, 2.24) is 16.0 Å². The molecule has 0 radical (unpaired) electrons. The molecule has 1 saturated carbocycles. The average Bonchev–Trinajstić information content (AvgIpc) is 2.45. The molecule has 6 heteroatoms. The molecule has 0 aromatic heterocycles. The summed E-state index contributed by atoms with van der Waals surface area (Å²) in [5, 5.41) is 9.44. The van der Waals surface area contributed by atoms with E-state index in [0.29, 0.717) is 13.0 Å². The number of hydrogen-bond donors (Lipinski definition) is 3. The molecule has 1 amide bonds. The number of rotatable bonds is 7. The highest BCUT2D eigenvalue weighted by molar-refractivity contribution is 14.0. The van der Waals surface area contributed by atoms with Crippen LogP contribution in [-0.4, -0.2) is 38.0 Å². The molecule has 1 rings (SSSR count). The van der Waals surface area contributed by atoms with E-state index in [-0.39, 0.29) is 35.9 Å². The Morgan fingerprint density at radius 3 is 2.52 bits per heavy atom. The van der Waals surface area contributed by atoms with Crippen LogP contribution in [0.2, 0.25) is 0 Å². The molecule has 0 aromatic rings. The SMILES string of the molecule is CN=C(NCCC(=O)NC(C)C)NCCC1CCCC(C)C1.I. The Hall–Kier alpha value is -0.530. The highest BCUT2D eigenvalue weighted by Gasteiger charge is 2.18. The molecule has 5 nitrogen and oxygen atoms in total. The lowest BCUT2D eigenvalue weighted by atomic mass is 9.81. The molecular weight excluding hydrogens is 403 g/mol. The molecule has 0 bridgehead atoms. The first-order valence-corrected chi connectivity index (χ1v) is 8.75. The van der Waals surface area contributed by atoms with Gasteiger partial charge in [-0.05, 0) is 38.5 Å². The number of carbonyl (C=O) groups excluding carboxylic acids is 1. The molecule has 1 aliphatic carbocycles. The monoisotopic (exact) mass is 438 g/mol. The zero-order chi connectivity index (χ0) is 16.4. The van der Waals surface area contributed by atoms with Gasteiger partial charge in [-0.2, -0.15) is 0 Å². The molecule has 136 valence electrons. The molecule has 0 spiro atoms. The van der Waals surface area contributed by atoms with Gasteiger partial charge >= 0.3 is 0 Å². The maximum atomic E-state index is 11.6. The van der Waals surface area contributed by atoms with E-state index in [9.17, 15) is 4.79 Å². The maximum Gasteiger partial charge on any atom is 0.221 e. The minimum Gasteiger partial charge on any atom is -0.356 e. The second-order valence-electron chi connectivity index (χ2n) is 6.82. The van der Waals surface area contributed by atoms with Gasteiger partial charge in [-0.15, -0.1) is 24.0 Å². The Morgan fingerprint density at radius 2 is 1.91 bits per heavy atom. The van der Waals surface area contributed by atoms with E-state index in [0.717, 1.165) is 24.3 Å². The minimum absolute atomic E-state index is 0. The molecule has 0 aliphatic heterocycles. The van der Waals surface area contributed by atoms with Crippen molar-refractivity contribution in [3.63, 3.8) is 0 Å². The van der Waals surface area contributed by atoms with Crippen LogP contribution in [-0.2, 0) is 4.79 Å². The van der Waals surface area contributed by atoms with E-state index in [1.165, 1.54) is 32.1 Å². The van der Waals surface area contributed by atoms with Crippen molar-refractivity contribution in [3.8, 4) is 0 Å². The summed E-state index contributed by atoms with van der Waals surface area (Å²) in [6.07, 6.45) is 7.18. The molecule has 1 aliphatic rings. The number of amides is 1. The first kappa shape index (κ1) is 22.5. The van der Waals surface area contributed by atoms with Gasteiger partial charge in [0.25, 0.3) is 0 Å². The molecular formula is C17H35IN4O. The van der Waals surface area contributed by atoms with E-state index in [1.807, 2.05) is 13.8 Å². The number of halogens is 1. The standard InChI is InChI=1S/C17H34N4O.HI/c1-13(2)21-16(22)9-11-20-17(18-4)19-10-8-15-7-5-6-14(3)12-15;/h13-15H,5-12H2,1-4H3,(H,21,22)(H2,18,19,20);1H. The summed E-state index contributed by atoms with van der Waals surface area (Å²) < 4.78 is 0. The maximum absolute atomic E-state index is 11.6. The van der Waals surface area contributed by atoms with Gasteiger partial charge in [0.05, 0.1) is 0 Å².